The molecule has 1 fully saturated rings. The molecule has 0 aromatic carbocycles. The van der Waals surface area contributed by atoms with Crippen molar-refractivity contribution < 1.29 is 23.9 Å². The summed E-state index contributed by atoms with van der Waals surface area (Å²) < 4.78 is 10.2. The van der Waals surface area contributed by atoms with Crippen molar-refractivity contribution in [3.8, 4) is 0 Å². The van der Waals surface area contributed by atoms with Crippen LogP contribution in [0.15, 0.2) is 11.6 Å². The van der Waals surface area contributed by atoms with Crippen molar-refractivity contribution in [2.75, 3.05) is 13.7 Å². The molecule has 0 aromatic heterocycles. The third kappa shape index (κ3) is 6.84. The number of carbonyl (C=O) groups is 3. The van der Waals surface area contributed by atoms with E-state index in [0.29, 0.717) is 13.0 Å². The summed E-state index contributed by atoms with van der Waals surface area (Å²) in [5, 5.41) is 2.70. The van der Waals surface area contributed by atoms with Crippen LogP contribution in [-0.2, 0) is 19.1 Å². The van der Waals surface area contributed by atoms with Gasteiger partial charge in [0.05, 0.1) is 7.11 Å². The van der Waals surface area contributed by atoms with E-state index in [9.17, 15) is 14.4 Å². The van der Waals surface area contributed by atoms with E-state index < -0.39 is 35.2 Å². The van der Waals surface area contributed by atoms with Crippen LogP contribution in [0.5, 0.6) is 0 Å². The van der Waals surface area contributed by atoms with Gasteiger partial charge in [-0.1, -0.05) is 32.4 Å². The zero-order valence-electron chi connectivity index (χ0n) is 18.7. The van der Waals surface area contributed by atoms with Gasteiger partial charge in [0.1, 0.15) is 17.7 Å². The van der Waals surface area contributed by atoms with Gasteiger partial charge in [0.2, 0.25) is 5.91 Å². The number of alkyl carbamates (subject to hydrolysis) is 1. The van der Waals surface area contributed by atoms with E-state index in [1.54, 1.807) is 20.8 Å². The van der Waals surface area contributed by atoms with Crippen LogP contribution >= 0.6 is 0 Å². The van der Waals surface area contributed by atoms with Gasteiger partial charge < -0.3 is 19.7 Å². The topological polar surface area (TPSA) is 84.9 Å². The summed E-state index contributed by atoms with van der Waals surface area (Å²) in [5.41, 5.74) is -0.114. The largest absolute Gasteiger partial charge is 0.467 e. The molecular weight excluding hydrogens is 360 g/mol. The Balaban J connectivity index is 3.12. The van der Waals surface area contributed by atoms with Crippen LogP contribution in [0, 0.1) is 11.3 Å². The van der Waals surface area contributed by atoms with Crippen molar-refractivity contribution >= 4 is 18.0 Å². The van der Waals surface area contributed by atoms with E-state index in [1.807, 2.05) is 34.6 Å². The number of allylic oxidation sites excluding steroid dienone is 1. The molecule has 160 valence electrons. The Morgan fingerprint density at radius 2 is 1.68 bits per heavy atom. The Labute approximate surface area is 168 Å². The average molecular weight is 397 g/mol. The lowest BCUT2D eigenvalue weighted by molar-refractivity contribution is -0.152. The number of likely N-dealkylation sites (tertiary alicyclic amines) is 1. The molecule has 3 atom stereocenters. The Hall–Kier alpha value is -2.05. The lowest BCUT2D eigenvalue weighted by Gasteiger charge is -2.35. The number of carbonyl (C=O) groups excluding carboxylic acids is 3. The van der Waals surface area contributed by atoms with E-state index in [2.05, 4.69) is 11.4 Å². The van der Waals surface area contributed by atoms with Gasteiger partial charge in [-0.3, -0.25) is 4.79 Å². The first-order valence-electron chi connectivity index (χ1n) is 9.68. The van der Waals surface area contributed by atoms with Gasteiger partial charge >= 0.3 is 12.1 Å². The molecule has 1 aliphatic heterocycles. The van der Waals surface area contributed by atoms with Crippen molar-refractivity contribution in [3.63, 3.8) is 0 Å². The first kappa shape index (κ1) is 24.0. The monoisotopic (exact) mass is 396 g/mol. The summed E-state index contributed by atoms with van der Waals surface area (Å²) in [4.78, 5) is 39.5. The molecule has 1 N–H and O–H groups in total. The van der Waals surface area contributed by atoms with Crippen molar-refractivity contribution in [1.29, 1.82) is 0 Å². The number of amides is 2. The highest BCUT2D eigenvalue weighted by Crippen LogP contribution is 2.30. The average Bonchev–Trinajstić information content (AvgIpc) is 2.91. The van der Waals surface area contributed by atoms with Gasteiger partial charge in [-0.05, 0) is 52.4 Å². The molecule has 1 aliphatic rings. The number of esters is 1. The Bertz CT molecular complexity index is 624. The Morgan fingerprint density at radius 3 is 2.11 bits per heavy atom. The predicted octanol–water partition coefficient (Wildman–Crippen LogP) is 3.28. The second-order valence-electron chi connectivity index (χ2n) is 9.71. The smallest absolute Gasteiger partial charge is 0.408 e. The number of hydrogen-bond acceptors (Lipinski definition) is 5. The van der Waals surface area contributed by atoms with Gasteiger partial charge in [-0.2, -0.15) is 0 Å². The molecule has 0 saturated carbocycles. The van der Waals surface area contributed by atoms with Crippen LogP contribution in [0.2, 0.25) is 0 Å². The van der Waals surface area contributed by atoms with Crippen LogP contribution in [0.4, 0.5) is 4.79 Å². The van der Waals surface area contributed by atoms with Crippen molar-refractivity contribution in [1.82, 2.24) is 10.2 Å². The van der Waals surface area contributed by atoms with E-state index >= 15 is 0 Å². The molecule has 0 aliphatic carbocycles. The second kappa shape index (κ2) is 8.97. The molecule has 7 heteroatoms. The molecule has 7 nitrogen and oxygen atoms in total. The molecule has 2 amide bonds. The molecule has 1 heterocycles. The summed E-state index contributed by atoms with van der Waals surface area (Å²) in [6.45, 7) is 15.3. The molecule has 0 bridgehead atoms. The van der Waals surface area contributed by atoms with E-state index in [-0.39, 0.29) is 11.8 Å². The number of nitrogens with one attached hydrogen (secondary N) is 1. The predicted molar refractivity (Wildman–Crippen MR) is 108 cm³/mol. The lowest BCUT2D eigenvalue weighted by Crippen LogP contribution is -2.57. The van der Waals surface area contributed by atoms with Crippen LogP contribution in [-0.4, -0.2) is 54.2 Å². The zero-order valence-corrected chi connectivity index (χ0v) is 18.7. The van der Waals surface area contributed by atoms with Crippen molar-refractivity contribution in [3.05, 3.63) is 11.6 Å². The summed E-state index contributed by atoms with van der Waals surface area (Å²) in [7, 11) is 1.32. The summed E-state index contributed by atoms with van der Waals surface area (Å²) in [5.74, 6) is -0.679. The van der Waals surface area contributed by atoms with Crippen LogP contribution in [0.1, 0.15) is 61.8 Å². The second-order valence-corrected chi connectivity index (χ2v) is 9.71. The standard InChI is InChI=1S/C21H36N2O5/c1-13(2)10-14-11-15(18(25)27-9)23(12-14)17(24)16(20(3,4)5)22-19(26)28-21(6,7)8/h10,14-16H,11-12H2,1-9H3,(H,22,26)/t14-,15+,16?/m1/s1. The maximum atomic E-state index is 13.4. The van der Waals surface area contributed by atoms with Crippen molar-refractivity contribution in [2.45, 2.75) is 79.5 Å². The highest BCUT2D eigenvalue weighted by Gasteiger charge is 2.45. The third-order valence-electron chi connectivity index (χ3n) is 4.43. The molecule has 1 unspecified atom stereocenters. The number of ether oxygens (including phenoxy) is 2. The minimum absolute atomic E-state index is 0.0696. The van der Waals surface area contributed by atoms with Crippen LogP contribution in [0.25, 0.3) is 0 Å². The minimum atomic E-state index is -0.833. The van der Waals surface area contributed by atoms with Crippen LogP contribution in [0.3, 0.4) is 0 Å². The Morgan fingerprint density at radius 1 is 1.11 bits per heavy atom. The number of rotatable bonds is 4. The fraction of sp³-hybridized carbons (Fsp3) is 0.762. The normalized spacial score (nSPS) is 21.0. The maximum Gasteiger partial charge on any atom is 0.408 e. The number of hydrogen-bond donors (Lipinski definition) is 1. The van der Waals surface area contributed by atoms with Gasteiger partial charge in [0.25, 0.3) is 0 Å². The summed E-state index contributed by atoms with van der Waals surface area (Å²) >= 11 is 0. The fourth-order valence-corrected chi connectivity index (χ4v) is 3.30. The SMILES string of the molecule is COC(=O)[C@@H]1C[C@@H](C=C(C)C)CN1C(=O)C(NC(=O)OC(C)(C)C)C(C)(C)C. The molecule has 0 spiro atoms. The van der Waals surface area contributed by atoms with Gasteiger partial charge in [0.15, 0.2) is 0 Å². The minimum Gasteiger partial charge on any atom is -0.467 e. The zero-order chi connectivity index (χ0) is 21.9. The van der Waals surface area contributed by atoms with Gasteiger partial charge in [-0.15, -0.1) is 0 Å². The lowest BCUT2D eigenvalue weighted by atomic mass is 9.85. The third-order valence-corrected chi connectivity index (χ3v) is 4.43. The maximum absolute atomic E-state index is 13.4. The number of nitrogens with zero attached hydrogens (tertiary/aromatic N) is 1. The summed E-state index contributed by atoms with van der Waals surface area (Å²) in [6, 6.07) is -1.50. The van der Waals surface area contributed by atoms with Gasteiger partial charge in [0, 0.05) is 6.54 Å². The Kier molecular flexibility index (Phi) is 7.68. The first-order chi connectivity index (χ1) is 12.7. The highest BCUT2D eigenvalue weighted by atomic mass is 16.6. The van der Waals surface area contributed by atoms with Gasteiger partial charge in [-0.25, -0.2) is 9.59 Å². The van der Waals surface area contributed by atoms with E-state index in [4.69, 9.17) is 9.47 Å². The van der Waals surface area contributed by atoms with E-state index in [1.165, 1.54) is 12.0 Å². The number of methoxy groups -OCH3 is 1. The molecule has 28 heavy (non-hydrogen) atoms. The quantitative estimate of drug-likeness (QED) is 0.582. The molecular formula is C21H36N2O5. The molecule has 0 radical (unpaired) electrons. The van der Waals surface area contributed by atoms with Crippen LogP contribution < -0.4 is 5.32 Å². The first-order valence-corrected chi connectivity index (χ1v) is 9.68. The summed E-state index contributed by atoms with van der Waals surface area (Å²) in [6.07, 6.45) is 1.92. The highest BCUT2D eigenvalue weighted by molar-refractivity contribution is 5.91. The molecule has 1 rings (SSSR count). The fourth-order valence-electron chi connectivity index (χ4n) is 3.30. The van der Waals surface area contributed by atoms with Crippen molar-refractivity contribution in [2.24, 2.45) is 11.3 Å². The molecule has 0 aromatic rings. The molecule has 1 saturated heterocycles. The van der Waals surface area contributed by atoms with E-state index in [0.717, 1.165) is 5.57 Å².